The molecule has 1 saturated heterocycles. The van der Waals surface area contributed by atoms with Crippen LogP contribution in [0, 0.1) is 5.82 Å². The van der Waals surface area contributed by atoms with Gasteiger partial charge in [-0.1, -0.05) is 0 Å². The summed E-state index contributed by atoms with van der Waals surface area (Å²) in [4.78, 5) is 9.57. The molecule has 2 heterocycles. The molecule has 0 spiro atoms. The molecule has 1 aromatic carbocycles. The minimum absolute atomic E-state index is 0.0116. The normalized spacial score (nSPS) is 18.4. The first-order valence-electron chi connectivity index (χ1n) is 6.97. The highest BCUT2D eigenvalue weighted by molar-refractivity contribution is 9.10. The van der Waals surface area contributed by atoms with Gasteiger partial charge in [0.2, 0.25) is 5.28 Å². The van der Waals surface area contributed by atoms with E-state index in [1.54, 1.807) is 23.7 Å². The third-order valence-corrected chi connectivity index (χ3v) is 6.21. The molecule has 0 aliphatic carbocycles. The van der Waals surface area contributed by atoms with Gasteiger partial charge in [-0.2, -0.15) is 18.2 Å². The summed E-state index contributed by atoms with van der Waals surface area (Å²) < 4.78 is 53.4. The van der Waals surface area contributed by atoms with Crippen molar-refractivity contribution in [3.8, 4) is 0 Å². The standard InChI is InChI=1S/C14H11BrClF4N3S/c1-23(8-3-2-4-24-8)12-6-5-7(14(18,19)20)9(15)10(17)11(6)21-13(16)22-12/h5,8H,2-4H2,1H3. The molecule has 1 fully saturated rings. The molecule has 1 unspecified atom stereocenters. The second-order valence-corrected chi connectivity index (χ2v) is 7.76. The van der Waals surface area contributed by atoms with E-state index in [4.69, 9.17) is 11.6 Å². The van der Waals surface area contributed by atoms with Crippen molar-refractivity contribution >= 4 is 56.0 Å². The summed E-state index contributed by atoms with van der Waals surface area (Å²) in [5, 5.41) is -0.166. The number of hydrogen-bond acceptors (Lipinski definition) is 4. The van der Waals surface area contributed by atoms with Gasteiger partial charge in [0.1, 0.15) is 11.3 Å². The van der Waals surface area contributed by atoms with Crippen LogP contribution in [0.5, 0.6) is 0 Å². The summed E-state index contributed by atoms with van der Waals surface area (Å²) in [6.45, 7) is 0. The highest BCUT2D eigenvalue weighted by Gasteiger charge is 2.36. The third-order valence-electron chi connectivity index (χ3n) is 3.80. The van der Waals surface area contributed by atoms with Gasteiger partial charge in [-0.15, -0.1) is 11.8 Å². The van der Waals surface area contributed by atoms with Crippen LogP contribution in [0.3, 0.4) is 0 Å². The summed E-state index contributed by atoms with van der Waals surface area (Å²) in [5.74, 6) is 0.0542. The minimum atomic E-state index is -4.70. The monoisotopic (exact) mass is 443 g/mol. The fourth-order valence-corrected chi connectivity index (χ4v) is 4.59. The predicted octanol–water partition coefficient (Wildman–Crippen LogP) is 5.49. The quantitative estimate of drug-likeness (QED) is 0.452. The van der Waals surface area contributed by atoms with E-state index in [1.807, 2.05) is 0 Å². The van der Waals surface area contributed by atoms with Crippen molar-refractivity contribution in [3.63, 3.8) is 0 Å². The van der Waals surface area contributed by atoms with Crippen LogP contribution in [-0.4, -0.2) is 28.1 Å². The van der Waals surface area contributed by atoms with E-state index in [0.717, 1.165) is 24.7 Å². The molecule has 1 aromatic heterocycles. The number of rotatable bonds is 2. The molecule has 3 rings (SSSR count). The highest BCUT2D eigenvalue weighted by Crippen LogP contribution is 2.42. The maximum absolute atomic E-state index is 14.5. The van der Waals surface area contributed by atoms with Gasteiger partial charge in [-0.25, -0.2) is 9.37 Å². The van der Waals surface area contributed by atoms with Crippen LogP contribution in [0.2, 0.25) is 5.28 Å². The lowest BCUT2D eigenvalue weighted by Crippen LogP contribution is -2.28. The van der Waals surface area contributed by atoms with E-state index in [0.29, 0.717) is 0 Å². The first-order valence-corrected chi connectivity index (χ1v) is 9.19. The Hall–Kier alpha value is -0.800. The molecule has 1 atom stereocenters. The van der Waals surface area contributed by atoms with Crippen LogP contribution < -0.4 is 4.90 Å². The van der Waals surface area contributed by atoms with E-state index < -0.39 is 22.0 Å². The topological polar surface area (TPSA) is 29.0 Å². The highest BCUT2D eigenvalue weighted by atomic mass is 79.9. The zero-order chi connectivity index (χ0) is 17.6. The zero-order valence-electron chi connectivity index (χ0n) is 12.3. The van der Waals surface area contributed by atoms with Gasteiger partial charge in [0.25, 0.3) is 0 Å². The Morgan fingerprint density at radius 2 is 2.08 bits per heavy atom. The van der Waals surface area contributed by atoms with Crippen LogP contribution >= 0.6 is 39.3 Å². The average molecular weight is 445 g/mol. The lowest BCUT2D eigenvalue weighted by Gasteiger charge is -2.26. The third kappa shape index (κ3) is 3.17. The Labute approximate surface area is 152 Å². The van der Waals surface area contributed by atoms with Gasteiger partial charge in [0.05, 0.1) is 15.4 Å². The fourth-order valence-electron chi connectivity index (χ4n) is 2.64. The lowest BCUT2D eigenvalue weighted by molar-refractivity contribution is -0.138. The smallest absolute Gasteiger partial charge is 0.347 e. The largest absolute Gasteiger partial charge is 0.417 e. The van der Waals surface area contributed by atoms with E-state index in [-0.39, 0.29) is 27.4 Å². The Kier molecular flexibility index (Phi) is 4.87. The molecular weight excluding hydrogens is 434 g/mol. The number of thioether (sulfide) groups is 1. The number of aromatic nitrogens is 2. The molecule has 0 radical (unpaired) electrons. The van der Waals surface area contributed by atoms with Gasteiger partial charge in [-0.05, 0) is 52.2 Å². The van der Waals surface area contributed by atoms with Gasteiger partial charge in [0, 0.05) is 12.4 Å². The average Bonchev–Trinajstić information content (AvgIpc) is 3.03. The molecule has 10 heteroatoms. The Morgan fingerprint density at radius 1 is 1.38 bits per heavy atom. The molecule has 3 nitrogen and oxygen atoms in total. The molecule has 1 aliphatic heterocycles. The maximum atomic E-state index is 14.5. The van der Waals surface area contributed by atoms with Crippen LogP contribution in [0.15, 0.2) is 10.5 Å². The summed E-state index contributed by atoms with van der Waals surface area (Å²) in [6.07, 6.45) is -2.83. The van der Waals surface area contributed by atoms with Gasteiger partial charge >= 0.3 is 6.18 Å². The number of nitrogens with zero attached hydrogens (tertiary/aromatic N) is 3. The van der Waals surface area contributed by atoms with Gasteiger partial charge in [-0.3, -0.25) is 0 Å². The van der Waals surface area contributed by atoms with Crippen molar-refractivity contribution in [2.75, 3.05) is 17.7 Å². The number of hydrogen-bond donors (Lipinski definition) is 0. The van der Waals surface area contributed by atoms with Gasteiger partial charge in [0.15, 0.2) is 5.82 Å². The van der Waals surface area contributed by atoms with Crippen molar-refractivity contribution in [3.05, 3.63) is 27.2 Å². The second-order valence-electron chi connectivity index (χ2n) is 5.34. The second kappa shape index (κ2) is 6.49. The molecular formula is C14H11BrClF4N3S. The van der Waals surface area contributed by atoms with E-state index in [9.17, 15) is 17.6 Å². The van der Waals surface area contributed by atoms with E-state index >= 15 is 0 Å². The Balaban J connectivity index is 2.27. The molecule has 1 aliphatic rings. The molecule has 0 saturated carbocycles. The summed E-state index contributed by atoms with van der Waals surface area (Å²) >= 11 is 10.2. The zero-order valence-corrected chi connectivity index (χ0v) is 15.5. The van der Waals surface area contributed by atoms with Crippen molar-refractivity contribution < 1.29 is 17.6 Å². The molecule has 0 amide bonds. The van der Waals surface area contributed by atoms with Crippen LogP contribution in [-0.2, 0) is 6.18 Å². The number of halogens is 6. The summed E-state index contributed by atoms with van der Waals surface area (Å²) in [7, 11) is 1.72. The summed E-state index contributed by atoms with van der Waals surface area (Å²) in [6, 6.07) is 0.865. The fraction of sp³-hybridized carbons (Fsp3) is 0.429. The number of fused-ring (bicyclic) bond motifs is 1. The first-order chi connectivity index (χ1) is 11.2. The number of benzene rings is 1. The lowest BCUT2D eigenvalue weighted by atomic mass is 10.1. The van der Waals surface area contributed by atoms with Crippen LogP contribution in [0.25, 0.3) is 10.9 Å². The predicted molar refractivity (Wildman–Crippen MR) is 91.1 cm³/mol. The molecule has 2 aromatic rings. The molecule has 24 heavy (non-hydrogen) atoms. The van der Waals surface area contributed by atoms with Gasteiger partial charge < -0.3 is 4.90 Å². The SMILES string of the molecule is CN(c1nc(Cl)nc2c(F)c(Br)c(C(F)(F)F)cc12)C1CCCS1. The number of anilines is 1. The molecule has 0 N–H and O–H groups in total. The number of alkyl halides is 3. The van der Waals surface area contributed by atoms with Crippen LogP contribution in [0.1, 0.15) is 18.4 Å². The summed E-state index contributed by atoms with van der Waals surface area (Å²) in [5.41, 5.74) is -1.34. The molecule has 130 valence electrons. The Morgan fingerprint density at radius 3 is 2.67 bits per heavy atom. The minimum Gasteiger partial charge on any atom is -0.347 e. The van der Waals surface area contributed by atoms with E-state index in [1.165, 1.54) is 0 Å². The Bertz CT molecular complexity index is 796. The van der Waals surface area contributed by atoms with Crippen molar-refractivity contribution in [1.29, 1.82) is 0 Å². The maximum Gasteiger partial charge on any atom is 0.417 e. The van der Waals surface area contributed by atoms with Crippen LogP contribution in [0.4, 0.5) is 23.4 Å². The van der Waals surface area contributed by atoms with Crippen molar-refractivity contribution in [2.45, 2.75) is 24.4 Å². The van der Waals surface area contributed by atoms with Crippen molar-refractivity contribution in [1.82, 2.24) is 9.97 Å². The first kappa shape index (κ1) is 18.0. The molecule has 0 bridgehead atoms. The van der Waals surface area contributed by atoms with E-state index in [2.05, 4.69) is 25.9 Å². The van der Waals surface area contributed by atoms with Crippen molar-refractivity contribution in [2.24, 2.45) is 0 Å².